The van der Waals surface area contributed by atoms with Crippen molar-refractivity contribution in [2.75, 3.05) is 34.9 Å². The fraction of sp³-hybridized carbons (Fsp3) is 0.756. The molecule has 1 aromatic carbocycles. The lowest BCUT2D eigenvalue weighted by atomic mass is 9.79. The molecule has 0 radical (unpaired) electrons. The van der Waals surface area contributed by atoms with Crippen molar-refractivity contribution in [2.45, 2.75) is 150 Å². The van der Waals surface area contributed by atoms with Gasteiger partial charge in [-0.15, -0.1) is 0 Å². The normalized spacial score (nSPS) is 19.6. The van der Waals surface area contributed by atoms with E-state index in [2.05, 4.69) is 16.0 Å². The SMILES string of the molecule is CCCCC(C(=O)NC)[C@@H](C(=O)N[C@H](C(=O)N(C)[C@@H]([C@@H](C)CC)[C@@H](CC(=O)N1CCC[C@H]1[C@H](OC)[C@@H](C)C(=O)N[C@H](C)[C@@H](O)c1ccccc1)OC)C(C)C)C(C)C. The molecule has 11 atom stereocenters. The zero-order chi connectivity index (χ0) is 43.9. The number of aliphatic hydroxyl groups is 1. The minimum atomic E-state index is -0.890. The topological polar surface area (TPSA) is 167 Å². The summed E-state index contributed by atoms with van der Waals surface area (Å²) in [6.07, 6.45) is 2.20. The number of hydrogen-bond donors (Lipinski definition) is 4. The average Bonchev–Trinajstić information content (AvgIpc) is 3.69. The van der Waals surface area contributed by atoms with Gasteiger partial charge in [0.15, 0.2) is 0 Å². The number of nitrogens with zero attached hydrogens (tertiary/aromatic N) is 2. The van der Waals surface area contributed by atoms with Gasteiger partial charge < -0.3 is 40.3 Å². The minimum absolute atomic E-state index is 0.00366. The number of aliphatic hydroxyl groups excluding tert-OH is 1. The summed E-state index contributed by atoms with van der Waals surface area (Å²) in [5.41, 5.74) is 0.701. The summed E-state index contributed by atoms with van der Waals surface area (Å²) >= 11 is 0. The predicted molar refractivity (Wildman–Crippen MR) is 227 cm³/mol. The third-order valence-electron chi connectivity index (χ3n) is 12.4. The van der Waals surface area contributed by atoms with E-state index < -0.39 is 54.2 Å². The van der Waals surface area contributed by atoms with Gasteiger partial charge in [0.05, 0.1) is 54.7 Å². The summed E-state index contributed by atoms with van der Waals surface area (Å²) in [6, 6.07) is 6.87. The molecule has 330 valence electrons. The maximum atomic E-state index is 14.5. The highest BCUT2D eigenvalue weighted by Crippen LogP contribution is 2.31. The van der Waals surface area contributed by atoms with Gasteiger partial charge in [0.2, 0.25) is 29.5 Å². The van der Waals surface area contributed by atoms with Crippen LogP contribution in [0.2, 0.25) is 0 Å². The number of methoxy groups -OCH3 is 2. The Morgan fingerprint density at radius 1 is 0.897 bits per heavy atom. The highest BCUT2D eigenvalue weighted by atomic mass is 16.5. The van der Waals surface area contributed by atoms with Gasteiger partial charge in [-0.2, -0.15) is 0 Å². The Morgan fingerprint density at radius 3 is 2.05 bits per heavy atom. The van der Waals surface area contributed by atoms with Crippen LogP contribution >= 0.6 is 0 Å². The van der Waals surface area contributed by atoms with Crippen molar-refractivity contribution in [3.63, 3.8) is 0 Å². The number of likely N-dealkylation sites (N-methyl/N-ethyl adjacent to an activating group) is 1. The molecule has 1 aromatic rings. The number of carbonyl (C=O) groups excluding carboxylic acids is 5. The zero-order valence-corrected chi connectivity index (χ0v) is 37.7. The molecule has 4 N–H and O–H groups in total. The number of hydrogen-bond acceptors (Lipinski definition) is 8. The van der Waals surface area contributed by atoms with E-state index in [-0.39, 0.29) is 59.8 Å². The quantitative estimate of drug-likeness (QED) is 0.112. The Balaban J connectivity index is 2.30. The smallest absolute Gasteiger partial charge is 0.245 e. The number of likely N-dealkylation sites (tertiary alicyclic amines) is 1. The Bertz CT molecular complexity index is 1440. The maximum Gasteiger partial charge on any atom is 0.245 e. The lowest BCUT2D eigenvalue weighted by Gasteiger charge is -2.41. The molecule has 0 aromatic heterocycles. The van der Waals surface area contributed by atoms with Gasteiger partial charge in [0.25, 0.3) is 0 Å². The summed E-state index contributed by atoms with van der Waals surface area (Å²) in [5.74, 6) is -3.48. The molecule has 13 nitrogen and oxygen atoms in total. The number of ether oxygens (including phenoxy) is 2. The van der Waals surface area contributed by atoms with Crippen molar-refractivity contribution >= 4 is 29.5 Å². The second-order valence-electron chi connectivity index (χ2n) is 17.1. The number of rotatable bonds is 24. The van der Waals surface area contributed by atoms with E-state index in [4.69, 9.17) is 9.47 Å². The lowest BCUT2D eigenvalue weighted by Crippen LogP contribution is -2.59. The molecule has 0 spiro atoms. The van der Waals surface area contributed by atoms with Crippen LogP contribution in [0.1, 0.15) is 119 Å². The van der Waals surface area contributed by atoms with Crippen LogP contribution in [-0.2, 0) is 33.4 Å². The molecule has 1 fully saturated rings. The monoisotopic (exact) mass is 816 g/mol. The van der Waals surface area contributed by atoms with Crippen molar-refractivity contribution in [3.8, 4) is 0 Å². The van der Waals surface area contributed by atoms with Crippen LogP contribution < -0.4 is 16.0 Å². The third-order valence-corrected chi connectivity index (χ3v) is 12.4. The van der Waals surface area contributed by atoms with Gasteiger partial charge in [-0.05, 0) is 49.5 Å². The standard InChI is InChI=1S/C45H77N5O8/c1-14-16-23-33(43(54)46-10)37(27(3)4)44(55)48-38(28(5)6)45(56)49(11)39(29(7)15-2)35(57-12)26-36(51)50-25-20-24-34(50)41(58-13)30(8)42(53)47-31(9)40(52)32-21-18-17-19-22-32/h17-19,21-22,27-31,33-35,37-41,52H,14-16,20,23-26H2,1-13H3,(H,46,54)(H,47,53)(H,48,55)/t29-,30+,31+,33?,34-,35+,37-,38-,39-,40+,41+/m0/s1. The molecule has 0 aliphatic carbocycles. The highest BCUT2D eigenvalue weighted by Gasteiger charge is 2.44. The number of unbranched alkanes of at least 4 members (excludes halogenated alkanes) is 1. The highest BCUT2D eigenvalue weighted by molar-refractivity contribution is 5.92. The first kappa shape index (κ1) is 50.6. The van der Waals surface area contributed by atoms with Gasteiger partial charge in [-0.25, -0.2) is 0 Å². The van der Waals surface area contributed by atoms with Crippen LogP contribution in [0, 0.1) is 35.5 Å². The fourth-order valence-corrected chi connectivity index (χ4v) is 8.70. The fourth-order valence-electron chi connectivity index (χ4n) is 8.70. The van der Waals surface area contributed by atoms with Crippen molar-refractivity contribution in [3.05, 3.63) is 35.9 Å². The molecule has 1 unspecified atom stereocenters. The summed E-state index contributed by atoms with van der Waals surface area (Å²) in [6.45, 7) is 17.8. The third kappa shape index (κ3) is 13.2. The average molecular weight is 816 g/mol. The van der Waals surface area contributed by atoms with E-state index in [1.165, 1.54) is 0 Å². The molecule has 0 bridgehead atoms. The van der Waals surface area contributed by atoms with Crippen molar-refractivity contribution in [1.82, 2.24) is 25.8 Å². The van der Waals surface area contributed by atoms with Crippen LogP contribution in [0.15, 0.2) is 30.3 Å². The molecular formula is C45H77N5O8. The summed E-state index contributed by atoms with van der Waals surface area (Å²) in [5, 5.41) is 19.6. The van der Waals surface area contributed by atoms with E-state index in [9.17, 15) is 29.1 Å². The first-order valence-corrected chi connectivity index (χ1v) is 21.6. The molecule has 0 saturated carbocycles. The number of nitrogens with one attached hydrogen (secondary N) is 3. The van der Waals surface area contributed by atoms with Crippen LogP contribution in [-0.4, -0.2) is 116 Å². The summed E-state index contributed by atoms with van der Waals surface area (Å²) in [4.78, 5) is 72.8. The van der Waals surface area contributed by atoms with Crippen molar-refractivity contribution in [2.24, 2.45) is 35.5 Å². The first-order chi connectivity index (χ1) is 27.4. The predicted octanol–water partition coefficient (Wildman–Crippen LogP) is 5.11. The largest absolute Gasteiger partial charge is 0.386 e. The van der Waals surface area contributed by atoms with Gasteiger partial charge in [0, 0.05) is 40.8 Å². The molecule has 58 heavy (non-hydrogen) atoms. The molecule has 5 amide bonds. The van der Waals surface area contributed by atoms with E-state index in [1.54, 1.807) is 52.0 Å². The van der Waals surface area contributed by atoms with Crippen LogP contribution in [0.5, 0.6) is 0 Å². The molecule has 1 heterocycles. The Kier molecular flexibility index (Phi) is 21.4. The number of carbonyl (C=O) groups is 5. The zero-order valence-electron chi connectivity index (χ0n) is 37.7. The van der Waals surface area contributed by atoms with Crippen molar-refractivity contribution in [1.29, 1.82) is 0 Å². The lowest BCUT2D eigenvalue weighted by molar-refractivity contribution is -0.148. The summed E-state index contributed by atoms with van der Waals surface area (Å²) in [7, 11) is 6.39. The maximum absolute atomic E-state index is 14.5. The van der Waals surface area contributed by atoms with Crippen LogP contribution in [0.3, 0.4) is 0 Å². The molecule has 1 aliphatic rings. The van der Waals surface area contributed by atoms with Gasteiger partial charge in [-0.3, -0.25) is 24.0 Å². The Labute approximate surface area is 349 Å². The number of benzene rings is 1. The Hall–Kier alpha value is -3.55. The van der Waals surface area contributed by atoms with Gasteiger partial charge >= 0.3 is 0 Å². The molecule has 13 heteroatoms. The van der Waals surface area contributed by atoms with Crippen molar-refractivity contribution < 1.29 is 38.6 Å². The first-order valence-electron chi connectivity index (χ1n) is 21.6. The number of amides is 5. The van der Waals surface area contributed by atoms with Gasteiger partial charge in [0.1, 0.15) is 6.04 Å². The molecule has 1 aliphatic heterocycles. The van der Waals surface area contributed by atoms with Crippen LogP contribution in [0.4, 0.5) is 0 Å². The van der Waals surface area contributed by atoms with E-state index in [1.807, 2.05) is 78.8 Å². The van der Waals surface area contributed by atoms with Gasteiger partial charge in [-0.1, -0.05) is 105 Å². The molecule has 2 rings (SSSR count). The van der Waals surface area contributed by atoms with E-state index in [0.29, 0.717) is 31.4 Å². The molecule has 1 saturated heterocycles. The second-order valence-corrected chi connectivity index (χ2v) is 17.1. The second kappa shape index (κ2) is 24.5. The molecular weight excluding hydrogens is 739 g/mol. The van der Waals surface area contributed by atoms with E-state index in [0.717, 1.165) is 19.3 Å². The van der Waals surface area contributed by atoms with Crippen LogP contribution in [0.25, 0.3) is 0 Å². The Morgan fingerprint density at radius 2 is 1.53 bits per heavy atom. The minimum Gasteiger partial charge on any atom is -0.386 e. The summed E-state index contributed by atoms with van der Waals surface area (Å²) < 4.78 is 12.0. The van der Waals surface area contributed by atoms with E-state index >= 15 is 0 Å².